The van der Waals surface area contributed by atoms with Gasteiger partial charge in [-0.15, -0.1) is 0 Å². The molecule has 0 unspecified atom stereocenters. The van der Waals surface area contributed by atoms with Crippen LogP contribution in [-0.4, -0.2) is 35.2 Å². The van der Waals surface area contributed by atoms with Crippen molar-refractivity contribution < 1.29 is 5.11 Å². The molecule has 2 heterocycles. The first-order chi connectivity index (χ1) is 6.79. The predicted molar refractivity (Wildman–Crippen MR) is 54.9 cm³/mol. The Morgan fingerprint density at radius 1 is 1.64 bits per heavy atom. The zero-order valence-electron chi connectivity index (χ0n) is 8.48. The second kappa shape index (κ2) is 3.67. The number of rotatable bonds is 2. The molecule has 3 heteroatoms. The maximum absolute atomic E-state index is 9.57. The molecule has 0 aliphatic carbocycles. The van der Waals surface area contributed by atoms with Crippen LogP contribution < -0.4 is 0 Å². The minimum absolute atomic E-state index is 0.176. The van der Waals surface area contributed by atoms with Crippen LogP contribution in [-0.2, 0) is 5.54 Å². The van der Waals surface area contributed by atoms with Crippen molar-refractivity contribution in [1.29, 1.82) is 0 Å². The Hall–Kier alpha value is -0.930. The van der Waals surface area contributed by atoms with Gasteiger partial charge in [0, 0.05) is 12.4 Å². The highest BCUT2D eigenvalue weighted by atomic mass is 16.3. The van der Waals surface area contributed by atoms with Gasteiger partial charge in [0.25, 0.3) is 0 Å². The van der Waals surface area contributed by atoms with E-state index in [-0.39, 0.29) is 12.1 Å². The first-order valence-electron chi connectivity index (χ1n) is 5.02. The number of aromatic nitrogens is 1. The average molecular weight is 192 g/mol. The van der Waals surface area contributed by atoms with E-state index in [0.29, 0.717) is 0 Å². The third-order valence-electron chi connectivity index (χ3n) is 3.28. The van der Waals surface area contributed by atoms with Gasteiger partial charge in [-0.1, -0.05) is 6.07 Å². The Morgan fingerprint density at radius 2 is 2.50 bits per heavy atom. The number of aliphatic hydroxyl groups is 1. The van der Waals surface area contributed by atoms with Crippen molar-refractivity contribution >= 4 is 0 Å². The summed E-state index contributed by atoms with van der Waals surface area (Å²) in [5.41, 5.74) is 0.941. The molecule has 0 spiro atoms. The molecule has 1 atom stereocenters. The zero-order chi connectivity index (χ0) is 10.0. The minimum atomic E-state index is -0.186. The fourth-order valence-electron chi connectivity index (χ4n) is 2.31. The third-order valence-corrected chi connectivity index (χ3v) is 3.28. The SMILES string of the molecule is CN1CCC[C@@]1(CO)c1cccnc1. The van der Waals surface area contributed by atoms with E-state index in [2.05, 4.69) is 16.9 Å². The highest BCUT2D eigenvalue weighted by Crippen LogP contribution is 2.36. The quantitative estimate of drug-likeness (QED) is 0.759. The molecule has 1 N–H and O–H groups in total. The standard InChI is InChI=1S/C11H16N2O/c1-13-7-3-5-11(13,9-14)10-4-2-6-12-8-10/h2,4,6,8,14H,3,5,7,9H2,1H3/t11-/m1/s1. The fraction of sp³-hybridized carbons (Fsp3) is 0.545. The highest BCUT2D eigenvalue weighted by molar-refractivity contribution is 5.22. The number of pyridine rings is 1. The summed E-state index contributed by atoms with van der Waals surface area (Å²) in [6, 6.07) is 3.98. The van der Waals surface area contributed by atoms with E-state index < -0.39 is 0 Å². The van der Waals surface area contributed by atoms with Crippen molar-refractivity contribution in [3.63, 3.8) is 0 Å². The van der Waals surface area contributed by atoms with Crippen LogP contribution in [0, 0.1) is 0 Å². The second-order valence-corrected chi connectivity index (χ2v) is 3.96. The summed E-state index contributed by atoms with van der Waals surface area (Å²) in [7, 11) is 2.07. The fourth-order valence-corrected chi connectivity index (χ4v) is 2.31. The molecule has 0 saturated carbocycles. The maximum atomic E-state index is 9.57. The number of hydrogen-bond acceptors (Lipinski definition) is 3. The number of likely N-dealkylation sites (tertiary alicyclic amines) is 1. The van der Waals surface area contributed by atoms with Crippen LogP contribution in [0.3, 0.4) is 0 Å². The van der Waals surface area contributed by atoms with Crippen molar-refractivity contribution in [3.05, 3.63) is 30.1 Å². The summed E-state index contributed by atoms with van der Waals surface area (Å²) in [6.07, 6.45) is 5.79. The lowest BCUT2D eigenvalue weighted by Crippen LogP contribution is -2.41. The second-order valence-electron chi connectivity index (χ2n) is 3.96. The summed E-state index contributed by atoms with van der Waals surface area (Å²) in [5.74, 6) is 0. The van der Waals surface area contributed by atoms with Gasteiger partial charge in [0.1, 0.15) is 0 Å². The topological polar surface area (TPSA) is 36.4 Å². The molecule has 1 aromatic rings. The van der Waals surface area contributed by atoms with Crippen LogP contribution in [0.5, 0.6) is 0 Å². The Bertz CT molecular complexity index is 301. The molecule has 14 heavy (non-hydrogen) atoms. The first kappa shape index (κ1) is 9.62. The van der Waals surface area contributed by atoms with Crippen molar-refractivity contribution in [2.75, 3.05) is 20.2 Å². The van der Waals surface area contributed by atoms with Crippen LogP contribution in [0.1, 0.15) is 18.4 Å². The smallest absolute Gasteiger partial charge is 0.0707 e. The summed E-state index contributed by atoms with van der Waals surface area (Å²) in [6.45, 7) is 1.23. The summed E-state index contributed by atoms with van der Waals surface area (Å²) < 4.78 is 0. The average Bonchev–Trinajstić information content (AvgIpc) is 2.62. The molecule has 1 aromatic heterocycles. The summed E-state index contributed by atoms with van der Waals surface area (Å²) in [5, 5.41) is 9.57. The lowest BCUT2D eigenvalue weighted by molar-refractivity contribution is 0.0820. The molecule has 0 amide bonds. The Kier molecular flexibility index (Phi) is 2.52. The monoisotopic (exact) mass is 192 g/mol. The Morgan fingerprint density at radius 3 is 3.00 bits per heavy atom. The van der Waals surface area contributed by atoms with Crippen LogP contribution in [0.25, 0.3) is 0 Å². The number of likely N-dealkylation sites (N-methyl/N-ethyl adjacent to an activating group) is 1. The van der Waals surface area contributed by atoms with Gasteiger partial charge in [0.05, 0.1) is 12.1 Å². The van der Waals surface area contributed by atoms with Crippen LogP contribution in [0.2, 0.25) is 0 Å². The molecule has 2 rings (SSSR count). The van der Waals surface area contributed by atoms with Crippen molar-refractivity contribution in [1.82, 2.24) is 9.88 Å². The minimum Gasteiger partial charge on any atom is -0.394 e. The molecule has 0 radical (unpaired) electrons. The molecular formula is C11H16N2O. The number of hydrogen-bond donors (Lipinski definition) is 1. The van der Waals surface area contributed by atoms with Gasteiger partial charge in [-0.05, 0) is 38.1 Å². The molecule has 1 saturated heterocycles. The van der Waals surface area contributed by atoms with Crippen LogP contribution in [0.4, 0.5) is 0 Å². The zero-order valence-corrected chi connectivity index (χ0v) is 8.48. The Balaban J connectivity index is 2.38. The maximum Gasteiger partial charge on any atom is 0.0707 e. The van der Waals surface area contributed by atoms with Crippen LogP contribution in [0.15, 0.2) is 24.5 Å². The van der Waals surface area contributed by atoms with Gasteiger partial charge in [-0.2, -0.15) is 0 Å². The van der Waals surface area contributed by atoms with E-state index in [4.69, 9.17) is 0 Å². The molecule has 0 bridgehead atoms. The van der Waals surface area contributed by atoms with Crippen molar-refractivity contribution in [3.8, 4) is 0 Å². The first-order valence-corrected chi connectivity index (χ1v) is 5.02. The molecule has 1 aliphatic heterocycles. The molecule has 1 fully saturated rings. The lowest BCUT2D eigenvalue weighted by atomic mass is 9.89. The third kappa shape index (κ3) is 1.33. The highest BCUT2D eigenvalue weighted by Gasteiger charge is 2.39. The number of nitrogens with zero attached hydrogens (tertiary/aromatic N) is 2. The Labute approximate surface area is 84.4 Å². The van der Waals surface area contributed by atoms with Gasteiger partial charge in [0.2, 0.25) is 0 Å². The van der Waals surface area contributed by atoms with Crippen molar-refractivity contribution in [2.45, 2.75) is 18.4 Å². The van der Waals surface area contributed by atoms with Gasteiger partial charge in [-0.3, -0.25) is 9.88 Å². The summed E-state index contributed by atoms with van der Waals surface area (Å²) >= 11 is 0. The molecule has 0 aromatic carbocycles. The summed E-state index contributed by atoms with van der Waals surface area (Å²) in [4.78, 5) is 6.35. The van der Waals surface area contributed by atoms with Gasteiger partial charge in [0.15, 0.2) is 0 Å². The van der Waals surface area contributed by atoms with E-state index in [1.165, 1.54) is 0 Å². The largest absolute Gasteiger partial charge is 0.394 e. The van der Waals surface area contributed by atoms with E-state index in [1.54, 1.807) is 6.20 Å². The van der Waals surface area contributed by atoms with Crippen LogP contribution >= 0.6 is 0 Å². The lowest BCUT2D eigenvalue weighted by Gasteiger charge is -2.34. The van der Waals surface area contributed by atoms with Gasteiger partial charge in [-0.25, -0.2) is 0 Å². The molecule has 1 aliphatic rings. The van der Waals surface area contributed by atoms with E-state index in [0.717, 1.165) is 24.9 Å². The van der Waals surface area contributed by atoms with E-state index in [1.807, 2.05) is 18.3 Å². The number of aliphatic hydroxyl groups excluding tert-OH is 1. The van der Waals surface area contributed by atoms with E-state index >= 15 is 0 Å². The van der Waals surface area contributed by atoms with E-state index in [9.17, 15) is 5.11 Å². The molecule has 76 valence electrons. The predicted octanol–water partition coefficient (Wildman–Crippen LogP) is 0.995. The normalized spacial score (nSPS) is 28.1. The molecular weight excluding hydrogens is 176 g/mol. The molecule has 3 nitrogen and oxygen atoms in total. The van der Waals surface area contributed by atoms with Gasteiger partial charge >= 0.3 is 0 Å². The van der Waals surface area contributed by atoms with Crippen molar-refractivity contribution in [2.24, 2.45) is 0 Å². The van der Waals surface area contributed by atoms with Gasteiger partial charge < -0.3 is 5.11 Å².